The number of likely N-dealkylation sites (tertiary alicyclic amines) is 1. The first-order chi connectivity index (χ1) is 27.2. The zero-order valence-corrected chi connectivity index (χ0v) is 33.8. The van der Waals surface area contributed by atoms with Crippen LogP contribution in [0.5, 0.6) is 17.5 Å². The lowest BCUT2D eigenvalue weighted by Crippen LogP contribution is -2.54. The Morgan fingerprint density at radius 2 is 1.96 bits per heavy atom. The van der Waals surface area contributed by atoms with Crippen molar-refractivity contribution in [2.24, 2.45) is 11.8 Å². The van der Waals surface area contributed by atoms with Crippen molar-refractivity contribution in [2.45, 2.75) is 114 Å². The summed E-state index contributed by atoms with van der Waals surface area (Å²) < 4.78 is 43.6. The molecule has 3 aromatic rings. The van der Waals surface area contributed by atoms with Crippen LogP contribution in [0.15, 0.2) is 36.9 Å². The van der Waals surface area contributed by atoms with Crippen LogP contribution < -0.4 is 14.8 Å². The van der Waals surface area contributed by atoms with Gasteiger partial charge in [-0.05, 0) is 92.5 Å². The molecule has 0 bridgehead atoms. The number of amides is 1. The minimum absolute atomic E-state index is 0.0249. The fourth-order valence-electron chi connectivity index (χ4n) is 9.98. The number of rotatable bonds is 12. The lowest BCUT2D eigenvalue weighted by molar-refractivity contribution is -0.129. The summed E-state index contributed by atoms with van der Waals surface area (Å²) in [5.41, 5.74) is -0.402. The molecule has 3 N–H and O–H groups in total. The van der Waals surface area contributed by atoms with Gasteiger partial charge in [0, 0.05) is 50.8 Å². The van der Waals surface area contributed by atoms with Gasteiger partial charge in [0.05, 0.1) is 34.5 Å². The zero-order valence-electron chi connectivity index (χ0n) is 33.8. The summed E-state index contributed by atoms with van der Waals surface area (Å²) in [6.07, 6.45) is 13.6. The molecule has 7 rings (SSSR count). The third-order valence-electron chi connectivity index (χ3n) is 13.6. The van der Waals surface area contributed by atoms with Crippen molar-refractivity contribution in [3.05, 3.63) is 59.6 Å². The van der Waals surface area contributed by atoms with Crippen LogP contribution in [0.25, 0.3) is 10.8 Å². The Balaban J connectivity index is 1.22. The quantitative estimate of drug-likeness (QED) is 0.128. The van der Waals surface area contributed by atoms with Crippen molar-refractivity contribution < 1.29 is 33.3 Å². The largest absolute Gasteiger partial charge is 0.508 e. The van der Waals surface area contributed by atoms with E-state index >= 15 is 8.78 Å². The van der Waals surface area contributed by atoms with E-state index in [-0.39, 0.29) is 48.3 Å². The number of aromatic nitrogens is 2. The molecule has 2 aliphatic carbocycles. The number of hydrogen-bond acceptors (Lipinski definition) is 9. The number of carbonyl (C=O) groups is 1. The monoisotopic (exact) mass is 785 g/mol. The molecule has 2 aromatic carbocycles. The van der Waals surface area contributed by atoms with Gasteiger partial charge in [0.15, 0.2) is 11.6 Å². The highest BCUT2D eigenvalue weighted by Gasteiger charge is 2.50. The third-order valence-corrected chi connectivity index (χ3v) is 13.6. The van der Waals surface area contributed by atoms with Crippen LogP contribution in [0.4, 0.5) is 14.6 Å². The van der Waals surface area contributed by atoms with Gasteiger partial charge in [0.25, 0.3) is 0 Å². The number of nitrogens with zero attached hydrogens (tertiary/aromatic N) is 4. The molecular weight excluding hydrogens is 729 g/mol. The number of hydrogen-bond donors (Lipinski definition) is 3. The molecule has 57 heavy (non-hydrogen) atoms. The molecule has 1 aromatic heterocycles. The second-order valence-corrected chi connectivity index (χ2v) is 17.6. The maximum Gasteiger partial charge on any atom is 0.318 e. The molecule has 3 heterocycles. The number of ether oxygens (including phenoxy) is 2. The molecule has 306 valence electrons. The Morgan fingerprint density at radius 1 is 1.23 bits per heavy atom. The van der Waals surface area contributed by atoms with Crippen LogP contribution in [0.3, 0.4) is 0 Å². The number of alkyl halides is 1. The van der Waals surface area contributed by atoms with Crippen LogP contribution in [-0.2, 0) is 11.2 Å². The lowest BCUT2D eigenvalue weighted by Gasteiger charge is -2.44. The number of aliphatic hydroxyl groups is 1. The smallest absolute Gasteiger partial charge is 0.318 e. The fourth-order valence-corrected chi connectivity index (χ4v) is 9.98. The summed E-state index contributed by atoms with van der Waals surface area (Å²) in [6.45, 7) is 11.6. The van der Waals surface area contributed by atoms with Gasteiger partial charge >= 0.3 is 6.01 Å². The predicted octanol–water partition coefficient (Wildman–Crippen LogP) is 7.30. The number of likely N-dealkylation sites (N-methyl/N-ethyl adjacent to an activating group) is 1. The second-order valence-electron chi connectivity index (χ2n) is 17.6. The molecule has 4 aliphatic rings. The average Bonchev–Trinajstić information content (AvgIpc) is 3.80. The summed E-state index contributed by atoms with van der Waals surface area (Å²) >= 11 is 0. The van der Waals surface area contributed by atoms with E-state index in [0.717, 1.165) is 57.9 Å². The molecule has 10 nitrogen and oxygen atoms in total. The van der Waals surface area contributed by atoms with Crippen molar-refractivity contribution in [3.8, 4) is 29.9 Å². The number of fused-ring (bicyclic) bond motifs is 2. The SMILES string of the molecule is C#Cc1c(F)ccc2cc(O)cc([C@H]3COc4c(nc(OC[C@]5(C(C)C)C[C@@H](F)CN5CC5CCC(C)(O)CC5)nc4NCC4(N(C)C(=O)C=C)CCCC4)C3)c12. The molecule has 0 spiro atoms. The Labute approximate surface area is 335 Å². The number of carbonyl (C=O) groups excluding carboxylic acids is 1. The first kappa shape index (κ1) is 40.7. The van der Waals surface area contributed by atoms with E-state index < -0.39 is 28.7 Å². The van der Waals surface area contributed by atoms with E-state index in [9.17, 15) is 15.0 Å². The van der Waals surface area contributed by atoms with Crippen LogP contribution in [0.1, 0.15) is 101 Å². The number of phenols is 1. The summed E-state index contributed by atoms with van der Waals surface area (Å²) in [5, 5.41) is 26.0. The second kappa shape index (κ2) is 16.1. The zero-order chi connectivity index (χ0) is 40.7. The molecule has 2 aliphatic heterocycles. The van der Waals surface area contributed by atoms with E-state index in [0.29, 0.717) is 65.4 Å². The van der Waals surface area contributed by atoms with Crippen molar-refractivity contribution in [1.29, 1.82) is 0 Å². The minimum Gasteiger partial charge on any atom is -0.508 e. The summed E-state index contributed by atoms with van der Waals surface area (Å²) in [5.74, 6) is 2.78. The predicted molar refractivity (Wildman–Crippen MR) is 217 cm³/mol. The number of phenolic OH excluding ortho intramolecular Hbond substituents is 1. The van der Waals surface area contributed by atoms with Crippen molar-refractivity contribution in [3.63, 3.8) is 0 Å². The van der Waals surface area contributed by atoms with E-state index in [1.54, 1.807) is 23.1 Å². The van der Waals surface area contributed by atoms with E-state index in [1.807, 2.05) is 14.0 Å². The highest BCUT2D eigenvalue weighted by Crippen LogP contribution is 2.44. The molecule has 0 radical (unpaired) electrons. The fraction of sp³-hybridized carbons (Fsp3) is 0.578. The van der Waals surface area contributed by atoms with Crippen molar-refractivity contribution in [1.82, 2.24) is 19.8 Å². The molecule has 3 atom stereocenters. The number of benzene rings is 2. The summed E-state index contributed by atoms with van der Waals surface area (Å²) in [6, 6.07) is 6.20. The molecule has 2 saturated carbocycles. The topological polar surface area (TPSA) is 120 Å². The van der Waals surface area contributed by atoms with Gasteiger partial charge < -0.3 is 29.9 Å². The first-order valence-corrected chi connectivity index (χ1v) is 20.5. The van der Waals surface area contributed by atoms with E-state index in [4.69, 9.17) is 25.9 Å². The van der Waals surface area contributed by atoms with Crippen LogP contribution in [0.2, 0.25) is 0 Å². The maximum absolute atomic E-state index is 15.5. The molecule has 1 saturated heterocycles. The van der Waals surface area contributed by atoms with Gasteiger partial charge in [-0.25, -0.2) is 8.78 Å². The number of terminal acetylenes is 1. The normalized spacial score (nSPS) is 27.1. The van der Waals surface area contributed by atoms with Gasteiger partial charge in [0.2, 0.25) is 5.91 Å². The number of nitrogens with one attached hydrogen (secondary N) is 1. The molecule has 12 heteroatoms. The van der Waals surface area contributed by atoms with E-state index in [1.165, 1.54) is 12.1 Å². The van der Waals surface area contributed by atoms with Crippen molar-refractivity contribution >= 4 is 22.5 Å². The molecule has 1 amide bonds. The number of halogens is 2. The van der Waals surface area contributed by atoms with Gasteiger partial charge in [-0.15, -0.1) is 6.42 Å². The standard InChI is InChI=1S/C45H57F2N5O5/c1-7-34-36(47)12-11-30-19-33(53)21-35(39(30)34)31-20-37-40(56-25-31)41(48-26-44(15-9-10-16-44)51(6)38(54)8-2)50-42(49-37)57-27-45(28(3)4)22-32(46)24-52(45)23-29-13-17-43(5,55)18-14-29/h1,8,11-12,19,21,28-29,31-32,53,55H,2,9-10,13-18,20,22-27H2,3-6H3,(H,48,49,50)/t29?,31-,32-,43?,45+/m1/s1. The Bertz CT molecular complexity index is 2030. The van der Waals surface area contributed by atoms with Gasteiger partial charge in [-0.1, -0.05) is 45.3 Å². The lowest BCUT2D eigenvalue weighted by atomic mass is 9.78. The highest BCUT2D eigenvalue weighted by atomic mass is 19.1. The third kappa shape index (κ3) is 8.02. The first-order valence-electron chi connectivity index (χ1n) is 20.5. The van der Waals surface area contributed by atoms with Crippen LogP contribution in [0, 0.1) is 30.0 Å². The Hall–Kier alpha value is -4.47. The van der Waals surface area contributed by atoms with Crippen molar-refractivity contribution in [2.75, 3.05) is 45.2 Å². The van der Waals surface area contributed by atoms with Gasteiger partial charge in [0.1, 0.15) is 24.3 Å². The Morgan fingerprint density at radius 3 is 2.65 bits per heavy atom. The molecular formula is C45H57F2N5O5. The molecule has 0 unspecified atom stereocenters. The van der Waals surface area contributed by atoms with E-state index in [2.05, 4.69) is 36.6 Å². The van der Waals surface area contributed by atoms with Crippen LogP contribution >= 0.6 is 0 Å². The summed E-state index contributed by atoms with van der Waals surface area (Å²) in [4.78, 5) is 26.7. The number of anilines is 1. The summed E-state index contributed by atoms with van der Waals surface area (Å²) in [7, 11) is 1.81. The highest BCUT2D eigenvalue weighted by molar-refractivity contribution is 5.93. The van der Waals surface area contributed by atoms with Crippen LogP contribution in [-0.4, -0.2) is 98.6 Å². The van der Waals surface area contributed by atoms with Gasteiger partial charge in [-0.3, -0.25) is 9.69 Å². The minimum atomic E-state index is -1.01. The average molecular weight is 786 g/mol. The maximum atomic E-state index is 15.5. The Kier molecular flexibility index (Phi) is 11.5. The van der Waals surface area contributed by atoms with Gasteiger partial charge in [-0.2, -0.15) is 9.97 Å². The molecule has 3 fully saturated rings. The number of aromatic hydroxyl groups is 1.